The van der Waals surface area contributed by atoms with Gasteiger partial charge in [-0.15, -0.1) is 47.3 Å². The molecule has 2 N–H and O–H groups in total. The predicted octanol–water partition coefficient (Wildman–Crippen LogP) is 4.86. The number of carbonyl (C=O) groups excluding carboxylic acids is 2. The minimum Gasteiger partial charge on any atom is -0.504 e. The van der Waals surface area contributed by atoms with E-state index in [1.807, 2.05) is 0 Å². The summed E-state index contributed by atoms with van der Waals surface area (Å²) in [5.41, 5.74) is -0.321. The molecule has 152 valence electrons. The van der Waals surface area contributed by atoms with Crippen molar-refractivity contribution in [3.8, 4) is 23.0 Å². The van der Waals surface area contributed by atoms with Crippen LogP contribution in [0.4, 0.5) is 8.78 Å². The molecule has 0 aromatic heterocycles. The highest BCUT2D eigenvalue weighted by molar-refractivity contribution is 9.69. The molecular formula is C16H14BBr3F2O6. The molecule has 0 heterocycles. The first-order valence-electron chi connectivity index (χ1n) is 7.06. The smallest absolute Gasteiger partial charge is 0.369 e. The summed E-state index contributed by atoms with van der Waals surface area (Å²) in [5, 5.41) is 17.5. The van der Waals surface area contributed by atoms with Crippen LogP contribution < -0.4 is 9.47 Å². The maximum absolute atomic E-state index is 13.0. The Balaban J connectivity index is 0.000000442. The highest BCUT2D eigenvalue weighted by Gasteiger charge is 2.09. The molecule has 6 nitrogen and oxygen atoms in total. The minimum atomic E-state index is -0.852. The van der Waals surface area contributed by atoms with E-state index in [2.05, 4.69) is 47.3 Å². The number of rotatable bonds is 4. The van der Waals surface area contributed by atoms with Gasteiger partial charge in [-0.1, -0.05) is 0 Å². The van der Waals surface area contributed by atoms with E-state index in [4.69, 9.17) is 19.7 Å². The largest absolute Gasteiger partial charge is 0.504 e. The first-order chi connectivity index (χ1) is 13.1. The Morgan fingerprint density at radius 1 is 0.821 bits per heavy atom. The lowest BCUT2D eigenvalue weighted by atomic mass is 10.2. The van der Waals surface area contributed by atoms with E-state index >= 15 is 0 Å². The van der Waals surface area contributed by atoms with E-state index < -0.39 is 23.1 Å². The summed E-state index contributed by atoms with van der Waals surface area (Å²) in [7, 11) is 2.82. The molecule has 0 aliphatic rings. The number of ether oxygens (including phenoxy) is 2. The van der Waals surface area contributed by atoms with Crippen molar-refractivity contribution in [1.29, 1.82) is 0 Å². The zero-order chi connectivity index (χ0) is 21.9. The van der Waals surface area contributed by atoms with Crippen LogP contribution in [0.25, 0.3) is 0 Å². The van der Waals surface area contributed by atoms with E-state index in [1.165, 1.54) is 20.3 Å². The van der Waals surface area contributed by atoms with Gasteiger partial charge in [0.05, 0.1) is 25.3 Å². The van der Waals surface area contributed by atoms with Gasteiger partial charge in [-0.05, 0) is 12.1 Å². The number of carbonyl (C=O) groups is 2. The summed E-state index contributed by atoms with van der Waals surface area (Å²) in [4.78, 5) is 20.4. The van der Waals surface area contributed by atoms with Crippen LogP contribution in [0, 0.1) is 11.6 Å². The summed E-state index contributed by atoms with van der Waals surface area (Å²) in [5.74, 6) is -1.94. The lowest BCUT2D eigenvalue weighted by molar-refractivity contribution is 0.111. The standard InChI is InChI=1S/C9H9FO3.C7H5FO3.BBr3/c1-12-8-3-6(5-11)7(10)4-9(8)13-2;8-5-2-7(11)6(10)1-4(5)3-9;2-1(3)4/h3-5H,1-2H3;1-3,10-11H;. The van der Waals surface area contributed by atoms with Crippen LogP contribution in [-0.2, 0) is 0 Å². The highest BCUT2D eigenvalue weighted by atomic mass is 79.9. The maximum atomic E-state index is 13.0. The van der Waals surface area contributed by atoms with Gasteiger partial charge < -0.3 is 19.7 Å². The van der Waals surface area contributed by atoms with Crippen LogP contribution in [0.15, 0.2) is 24.3 Å². The molecule has 0 saturated heterocycles. The van der Waals surface area contributed by atoms with Gasteiger partial charge in [0.1, 0.15) is 11.6 Å². The molecule has 2 rings (SSSR count). The molecule has 0 fully saturated rings. The molecule has 0 aliphatic heterocycles. The van der Waals surface area contributed by atoms with Crippen LogP contribution in [0.3, 0.4) is 0 Å². The number of methoxy groups -OCH3 is 2. The average molecular weight is 591 g/mol. The summed E-state index contributed by atoms with van der Waals surface area (Å²) in [6, 6.07) is 3.94. The predicted molar refractivity (Wildman–Crippen MR) is 113 cm³/mol. The number of halogens is 5. The molecule has 28 heavy (non-hydrogen) atoms. The molecule has 0 bridgehead atoms. The zero-order valence-corrected chi connectivity index (χ0v) is 19.2. The van der Waals surface area contributed by atoms with Crippen molar-refractivity contribution in [3.05, 3.63) is 47.0 Å². The number of hydrogen-bond acceptors (Lipinski definition) is 6. The molecule has 12 heteroatoms. The second kappa shape index (κ2) is 13.5. The Morgan fingerprint density at radius 2 is 1.18 bits per heavy atom. The average Bonchev–Trinajstić information content (AvgIpc) is 2.64. The third-order valence-electron chi connectivity index (χ3n) is 2.85. The minimum absolute atomic E-state index is 0.0438. The fraction of sp³-hybridized carbons (Fsp3) is 0.125. The SMILES string of the molecule is BrB(Br)Br.COc1cc(F)c(C=O)cc1OC.O=Cc1cc(O)c(O)cc1F. The normalized spacial score (nSPS) is 9.11. The van der Waals surface area contributed by atoms with Gasteiger partial charge in [0.15, 0.2) is 35.6 Å². The van der Waals surface area contributed by atoms with E-state index in [1.54, 1.807) is 0 Å². The van der Waals surface area contributed by atoms with Crippen molar-refractivity contribution in [2.24, 2.45) is 0 Å². The molecule has 0 amide bonds. The second-order valence-electron chi connectivity index (χ2n) is 4.57. The first-order valence-corrected chi connectivity index (χ1v) is 9.81. The molecule has 2 aromatic carbocycles. The number of phenolic OH excluding ortho intramolecular Hbond substituents is 2. The monoisotopic (exact) mass is 588 g/mol. The van der Waals surface area contributed by atoms with Gasteiger partial charge in [-0.3, -0.25) is 9.59 Å². The van der Waals surface area contributed by atoms with Gasteiger partial charge in [0, 0.05) is 12.1 Å². The Labute approximate surface area is 184 Å². The van der Waals surface area contributed by atoms with Crippen molar-refractivity contribution in [2.45, 2.75) is 0 Å². The molecule has 0 atom stereocenters. The fourth-order valence-electron chi connectivity index (χ4n) is 1.62. The molecular weight excluding hydrogens is 577 g/mol. The van der Waals surface area contributed by atoms with Crippen LogP contribution in [0.1, 0.15) is 20.7 Å². The van der Waals surface area contributed by atoms with Gasteiger partial charge >= 0.3 is 3.18 Å². The summed E-state index contributed by atoms with van der Waals surface area (Å²) in [6.45, 7) is 0. The second-order valence-corrected chi connectivity index (χ2v) is 11.0. The number of aldehydes is 2. The lowest BCUT2D eigenvalue weighted by Gasteiger charge is -2.07. The Hall–Kier alpha value is -1.66. The lowest BCUT2D eigenvalue weighted by Crippen LogP contribution is -1.95. The number of benzene rings is 2. The molecule has 2 aromatic rings. The van der Waals surface area contributed by atoms with Crippen LogP contribution in [-0.4, -0.2) is 40.2 Å². The van der Waals surface area contributed by atoms with E-state index in [0.717, 1.165) is 12.1 Å². The van der Waals surface area contributed by atoms with Gasteiger partial charge in [-0.2, -0.15) is 0 Å². The third kappa shape index (κ3) is 9.02. The van der Waals surface area contributed by atoms with E-state index in [0.29, 0.717) is 18.1 Å². The van der Waals surface area contributed by atoms with Crippen molar-refractivity contribution < 1.29 is 38.1 Å². The Bertz CT molecular complexity index is 806. The number of phenols is 2. The quantitative estimate of drug-likeness (QED) is 0.300. The van der Waals surface area contributed by atoms with Gasteiger partial charge in [-0.25, -0.2) is 8.78 Å². The van der Waals surface area contributed by atoms with E-state index in [-0.39, 0.29) is 26.3 Å². The molecule has 0 saturated carbocycles. The topological polar surface area (TPSA) is 93.1 Å². The molecule has 0 unspecified atom stereocenters. The van der Waals surface area contributed by atoms with Gasteiger partial charge in [0.2, 0.25) is 0 Å². The zero-order valence-electron chi connectivity index (χ0n) is 14.5. The first kappa shape index (κ1) is 26.3. The van der Waals surface area contributed by atoms with Crippen LogP contribution in [0.2, 0.25) is 0 Å². The Morgan fingerprint density at radius 3 is 1.61 bits per heavy atom. The summed E-state index contributed by atoms with van der Waals surface area (Å²) < 4.78 is 35.5. The van der Waals surface area contributed by atoms with Crippen LogP contribution >= 0.6 is 47.3 Å². The molecule has 0 spiro atoms. The van der Waals surface area contributed by atoms with Crippen molar-refractivity contribution in [2.75, 3.05) is 14.2 Å². The molecule has 0 aliphatic carbocycles. The fourth-order valence-corrected chi connectivity index (χ4v) is 1.62. The van der Waals surface area contributed by atoms with Gasteiger partial charge in [0.25, 0.3) is 0 Å². The third-order valence-corrected chi connectivity index (χ3v) is 2.85. The van der Waals surface area contributed by atoms with Crippen molar-refractivity contribution >= 4 is 63.0 Å². The van der Waals surface area contributed by atoms with Crippen molar-refractivity contribution in [1.82, 2.24) is 0 Å². The Kier molecular flexibility index (Phi) is 12.7. The highest BCUT2D eigenvalue weighted by Crippen LogP contribution is 2.29. The van der Waals surface area contributed by atoms with Crippen molar-refractivity contribution in [3.63, 3.8) is 0 Å². The number of hydrogen-bond donors (Lipinski definition) is 2. The number of aromatic hydroxyl groups is 2. The summed E-state index contributed by atoms with van der Waals surface area (Å²) in [6.07, 6.45) is 0.686. The maximum Gasteiger partial charge on any atom is 0.369 e. The van der Waals surface area contributed by atoms with Crippen LogP contribution in [0.5, 0.6) is 23.0 Å². The molecule has 0 radical (unpaired) electrons. The van der Waals surface area contributed by atoms with E-state index in [9.17, 15) is 18.4 Å². The summed E-state index contributed by atoms with van der Waals surface area (Å²) >= 11 is 9.31.